The van der Waals surface area contributed by atoms with Crippen LogP contribution in [-0.4, -0.2) is 54.9 Å². The van der Waals surface area contributed by atoms with E-state index in [4.69, 9.17) is 9.84 Å². The first-order valence-electron chi connectivity index (χ1n) is 6.83. The minimum atomic E-state index is -0.837. The Balaban J connectivity index is 2.19. The fraction of sp³-hybridized carbons (Fsp3) is 0.846. The summed E-state index contributed by atoms with van der Waals surface area (Å²) in [6, 6.07) is -0.180. The molecule has 0 spiro atoms. The summed E-state index contributed by atoms with van der Waals surface area (Å²) in [7, 11) is 0. The maximum atomic E-state index is 11.8. The number of ether oxygens (including phenoxy) is 1. The first-order valence-corrected chi connectivity index (χ1v) is 6.83. The summed E-state index contributed by atoms with van der Waals surface area (Å²) in [6.07, 6.45) is 2.28. The van der Waals surface area contributed by atoms with Crippen LogP contribution in [0.4, 0.5) is 4.79 Å². The zero-order valence-corrected chi connectivity index (χ0v) is 11.8. The molecule has 1 unspecified atom stereocenters. The number of nitrogens with one attached hydrogen (secondary N) is 1. The summed E-state index contributed by atoms with van der Waals surface area (Å²) in [5.41, 5.74) is -0.804. The largest absolute Gasteiger partial charge is 0.481 e. The topological polar surface area (TPSA) is 78.9 Å². The van der Waals surface area contributed by atoms with Crippen LogP contribution in [0.2, 0.25) is 0 Å². The Hall–Kier alpha value is -1.30. The van der Waals surface area contributed by atoms with Gasteiger partial charge in [0.05, 0.1) is 5.41 Å². The van der Waals surface area contributed by atoms with Crippen molar-refractivity contribution >= 4 is 12.0 Å². The van der Waals surface area contributed by atoms with Gasteiger partial charge in [-0.2, -0.15) is 0 Å². The molecule has 6 nitrogen and oxygen atoms in total. The summed E-state index contributed by atoms with van der Waals surface area (Å²) < 4.78 is 5.31. The molecule has 1 atom stereocenters. The lowest BCUT2D eigenvalue weighted by molar-refractivity contribution is -0.146. The highest BCUT2D eigenvalue weighted by atomic mass is 16.5. The lowest BCUT2D eigenvalue weighted by Crippen LogP contribution is -2.41. The number of hydrogen-bond acceptors (Lipinski definition) is 3. The van der Waals surface area contributed by atoms with E-state index in [1.165, 1.54) is 0 Å². The molecule has 110 valence electrons. The molecule has 19 heavy (non-hydrogen) atoms. The van der Waals surface area contributed by atoms with Crippen LogP contribution in [0.25, 0.3) is 0 Å². The van der Waals surface area contributed by atoms with Gasteiger partial charge in [-0.15, -0.1) is 0 Å². The quantitative estimate of drug-likeness (QED) is 0.685. The summed E-state index contributed by atoms with van der Waals surface area (Å²) in [5, 5.41) is 11.9. The van der Waals surface area contributed by atoms with Crippen molar-refractivity contribution in [1.29, 1.82) is 0 Å². The van der Waals surface area contributed by atoms with Gasteiger partial charge in [0.1, 0.15) is 0 Å². The van der Waals surface area contributed by atoms with Crippen LogP contribution in [0, 0.1) is 5.41 Å². The number of carbonyl (C=O) groups is 2. The van der Waals surface area contributed by atoms with Crippen LogP contribution in [0.15, 0.2) is 0 Å². The highest BCUT2D eigenvalue weighted by Gasteiger charge is 2.42. The average molecular weight is 272 g/mol. The fourth-order valence-corrected chi connectivity index (χ4v) is 2.04. The Morgan fingerprint density at radius 1 is 1.42 bits per heavy atom. The lowest BCUT2D eigenvalue weighted by atomic mass is 9.90. The van der Waals surface area contributed by atoms with Gasteiger partial charge in [0.25, 0.3) is 0 Å². The molecule has 1 aliphatic heterocycles. The molecule has 0 aliphatic carbocycles. The van der Waals surface area contributed by atoms with Gasteiger partial charge in [0, 0.05) is 32.8 Å². The molecule has 1 saturated heterocycles. The Morgan fingerprint density at radius 3 is 2.74 bits per heavy atom. The van der Waals surface area contributed by atoms with Crippen molar-refractivity contribution in [3.63, 3.8) is 0 Å². The number of amides is 2. The second-order valence-electron chi connectivity index (χ2n) is 5.24. The van der Waals surface area contributed by atoms with Crippen LogP contribution in [-0.2, 0) is 9.53 Å². The molecule has 0 aromatic rings. The Labute approximate surface area is 114 Å². The van der Waals surface area contributed by atoms with Crippen molar-refractivity contribution in [3.05, 3.63) is 0 Å². The molecule has 0 saturated carbocycles. The van der Waals surface area contributed by atoms with E-state index in [0.717, 1.165) is 19.4 Å². The van der Waals surface area contributed by atoms with E-state index in [2.05, 4.69) is 12.2 Å². The molecule has 1 heterocycles. The third kappa shape index (κ3) is 4.70. The van der Waals surface area contributed by atoms with Gasteiger partial charge < -0.3 is 20.1 Å². The van der Waals surface area contributed by atoms with Crippen molar-refractivity contribution in [1.82, 2.24) is 10.2 Å². The van der Waals surface area contributed by atoms with Crippen molar-refractivity contribution in [2.45, 2.75) is 33.1 Å². The normalized spacial score (nSPS) is 22.5. The van der Waals surface area contributed by atoms with Crippen LogP contribution in [0.3, 0.4) is 0 Å². The molecule has 0 bridgehead atoms. The van der Waals surface area contributed by atoms with Gasteiger partial charge in [-0.25, -0.2) is 4.79 Å². The molecule has 1 rings (SSSR count). The van der Waals surface area contributed by atoms with E-state index in [1.807, 2.05) is 0 Å². The molecule has 6 heteroatoms. The van der Waals surface area contributed by atoms with Crippen LogP contribution in [0.5, 0.6) is 0 Å². The van der Waals surface area contributed by atoms with E-state index in [-0.39, 0.29) is 12.6 Å². The summed E-state index contributed by atoms with van der Waals surface area (Å²) in [4.78, 5) is 24.5. The number of aliphatic carboxylic acids is 1. The first-order chi connectivity index (χ1) is 8.99. The molecular weight excluding hydrogens is 248 g/mol. The van der Waals surface area contributed by atoms with Crippen molar-refractivity contribution in [2.75, 3.05) is 32.8 Å². The highest BCUT2D eigenvalue weighted by molar-refractivity contribution is 5.79. The Bertz CT molecular complexity index is 322. The van der Waals surface area contributed by atoms with Gasteiger partial charge in [0.2, 0.25) is 0 Å². The maximum absolute atomic E-state index is 11.8. The van der Waals surface area contributed by atoms with Gasteiger partial charge in [-0.1, -0.05) is 6.92 Å². The monoisotopic (exact) mass is 272 g/mol. The number of urea groups is 1. The molecule has 0 aromatic heterocycles. The third-order valence-electron chi connectivity index (χ3n) is 3.37. The van der Waals surface area contributed by atoms with Crippen LogP contribution >= 0.6 is 0 Å². The molecule has 0 aromatic carbocycles. The van der Waals surface area contributed by atoms with E-state index in [1.54, 1.807) is 11.8 Å². The van der Waals surface area contributed by atoms with Crippen LogP contribution < -0.4 is 5.32 Å². The smallest absolute Gasteiger partial charge is 0.317 e. The van der Waals surface area contributed by atoms with Crippen molar-refractivity contribution < 1.29 is 19.4 Å². The molecule has 2 N–H and O–H groups in total. The number of nitrogens with zero attached hydrogens (tertiary/aromatic N) is 1. The van der Waals surface area contributed by atoms with E-state index >= 15 is 0 Å². The predicted octanol–water partition coefficient (Wildman–Crippen LogP) is 1.31. The summed E-state index contributed by atoms with van der Waals surface area (Å²) >= 11 is 0. The third-order valence-corrected chi connectivity index (χ3v) is 3.37. The van der Waals surface area contributed by atoms with Gasteiger partial charge >= 0.3 is 12.0 Å². The molecule has 1 aliphatic rings. The molecular formula is C13H24N2O4. The zero-order valence-electron chi connectivity index (χ0n) is 11.8. The predicted molar refractivity (Wildman–Crippen MR) is 71.1 cm³/mol. The standard InChI is InChI=1S/C13H24N2O4/c1-3-8-19-9-4-6-14-12(18)15-7-5-13(2,10-15)11(16)17/h3-10H2,1-2H3,(H,14,18)(H,16,17). The molecule has 1 fully saturated rings. The molecule has 2 amide bonds. The zero-order chi connectivity index (χ0) is 14.3. The summed E-state index contributed by atoms with van der Waals surface area (Å²) in [5.74, 6) is -0.837. The van der Waals surface area contributed by atoms with Gasteiger partial charge in [-0.3, -0.25) is 4.79 Å². The number of likely N-dealkylation sites (tertiary alicyclic amines) is 1. The number of carboxylic acid groups (broad SMARTS) is 1. The SMILES string of the molecule is CCCOCCCNC(=O)N1CCC(C)(C(=O)O)C1. The van der Waals surface area contributed by atoms with E-state index in [0.29, 0.717) is 26.1 Å². The molecule has 0 radical (unpaired) electrons. The number of hydrogen-bond donors (Lipinski definition) is 2. The lowest BCUT2D eigenvalue weighted by Gasteiger charge is -2.20. The average Bonchev–Trinajstić information content (AvgIpc) is 2.78. The number of carbonyl (C=O) groups excluding carboxylic acids is 1. The fourth-order valence-electron chi connectivity index (χ4n) is 2.04. The van der Waals surface area contributed by atoms with Gasteiger partial charge in [0.15, 0.2) is 0 Å². The van der Waals surface area contributed by atoms with Crippen molar-refractivity contribution in [2.24, 2.45) is 5.41 Å². The Morgan fingerprint density at radius 2 is 2.16 bits per heavy atom. The minimum Gasteiger partial charge on any atom is -0.481 e. The minimum absolute atomic E-state index is 0.180. The van der Waals surface area contributed by atoms with Crippen LogP contribution in [0.1, 0.15) is 33.1 Å². The van der Waals surface area contributed by atoms with Gasteiger partial charge in [-0.05, 0) is 26.2 Å². The Kier molecular flexibility index (Phi) is 6.08. The number of rotatable bonds is 7. The highest BCUT2D eigenvalue weighted by Crippen LogP contribution is 2.29. The second-order valence-corrected chi connectivity index (χ2v) is 5.24. The summed E-state index contributed by atoms with van der Waals surface area (Å²) in [6.45, 7) is 6.46. The second kappa shape index (κ2) is 7.33. The maximum Gasteiger partial charge on any atom is 0.317 e. The van der Waals surface area contributed by atoms with E-state index in [9.17, 15) is 9.59 Å². The van der Waals surface area contributed by atoms with Crippen molar-refractivity contribution in [3.8, 4) is 0 Å². The van der Waals surface area contributed by atoms with E-state index < -0.39 is 11.4 Å². The first kappa shape index (κ1) is 15.8. The number of carboxylic acids is 1.